The number of hydrogen-bond donors (Lipinski definition) is 0. The van der Waals surface area contributed by atoms with Crippen LogP contribution in [0.15, 0.2) is 12.7 Å². The zero-order chi connectivity index (χ0) is 14.3. The van der Waals surface area contributed by atoms with E-state index in [1.54, 1.807) is 0 Å². The second kappa shape index (κ2) is 5.20. The van der Waals surface area contributed by atoms with Crippen molar-refractivity contribution < 1.29 is 23.8 Å². The van der Waals surface area contributed by atoms with Gasteiger partial charge in [0.25, 0.3) is 0 Å². The number of ether oxygens (including phenoxy) is 3. The van der Waals surface area contributed by atoms with Crippen LogP contribution in [0, 0.1) is 23.7 Å². The molecule has 6 unspecified atom stereocenters. The zero-order valence-corrected chi connectivity index (χ0v) is 11.6. The van der Waals surface area contributed by atoms with Crippen LogP contribution in [0.25, 0.3) is 0 Å². The molecule has 1 aliphatic heterocycles. The van der Waals surface area contributed by atoms with E-state index >= 15 is 0 Å². The first-order chi connectivity index (χ1) is 9.67. The summed E-state index contributed by atoms with van der Waals surface area (Å²) in [6, 6.07) is 0. The molecule has 4 aliphatic rings. The summed E-state index contributed by atoms with van der Waals surface area (Å²) in [6.07, 6.45) is 2.60. The average molecular weight is 280 g/mol. The van der Waals surface area contributed by atoms with Gasteiger partial charge in [0.2, 0.25) is 0 Å². The Morgan fingerprint density at radius 1 is 1.35 bits per heavy atom. The molecule has 3 saturated carbocycles. The maximum Gasteiger partial charge on any atom is 0.330 e. The average Bonchev–Trinajstić information content (AvgIpc) is 2.85. The molecule has 0 aromatic heterocycles. The van der Waals surface area contributed by atoms with Gasteiger partial charge in [0, 0.05) is 30.4 Å². The van der Waals surface area contributed by atoms with Crippen LogP contribution in [0.5, 0.6) is 0 Å². The van der Waals surface area contributed by atoms with E-state index in [0.29, 0.717) is 13.2 Å². The van der Waals surface area contributed by atoms with Gasteiger partial charge in [-0.2, -0.15) is 0 Å². The van der Waals surface area contributed by atoms with Crippen LogP contribution < -0.4 is 0 Å². The molecule has 0 amide bonds. The molecule has 5 heteroatoms. The van der Waals surface area contributed by atoms with Crippen molar-refractivity contribution in [3.63, 3.8) is 0 Å². The summed E-state index contributed by atoms with van der Waals surface area (Å²) in [6.45, 7) is 6.35. The van der Waals surface area contributed by atoms with E-state index in [2.05, 4.69) is 6.58 Å². The minimum Gasteiger partial charge on any atom is -0.465 e. The van der Waals surface area contributed by atoms with Crippen LogP contribution in [0.4, 0.5) is 0 Å². The largest absolute Gasteiger partial charge is 0.465 e. The van der Waals surface area contributed by atoms with Crippen LogP contribution in [0.1, 0.15) is 19.8 Å². The fourth-order valence-corrected chi connectivity index (χ4v) is 4.23. The maximum absolute atomic E-state index is 11.9. The molecule has 0 aromatic carbocycles. The Hall–Kier alpha value is -1.36. The summed E-state index contributed by atoms with van der Waals surface area (Å²) in [5.41, 5.74) is 0. The number of carbonyl (C=O) groups is 2. The Bertz CT molecular complexity index is 432. The summed E-state index contributed by atoms with van der Waals surface area (Å²) in [5.74, 6) is -0.194. The highest BCUT2D eigenvalue weighted by Gasteiger charge is 2.61. The lowest BCUT2D eigenvalue weighted by atomic mass is 9.57. The lowest BCUT2D eigenvalue weighted by Gasteiger charge is -2.51. The number of carbonyl (C=O) groups excluding carboxylic acids is 2. The molecule has 0 aromatic rings. The van der Waals surface area contributed by atoms with Crippen LogP contribution in [0.3, 0.4) is 0 Å². The van der Waals surface area contributed by atoms with Crippen molar-refractivity contribution in [2.75, 3.05) is 13.2 Å². The van der Waals surface area contributed by atoms with E-state index in [4.69, 9.17) is 14.2 Å². The second-order valence-corrected chi connectivity index (χ2v) is 5.75. The highest BCUT2D eigenvalue weighted by molar-refractivity contribution is 5.81. The third-order valence-electron chi connectivity index (χ3n) is 4.94. The molecule has 110 valence electrons. The smallest absolute Gasteiger partial charge is 0.330 e. The van der Waals surface area contributed by atoms with Crippen molar-refractivity contribution in [3.05, 3.63) is 12.7 Å². The molecule has 1 saturated heterocycles. The van der Waals surface area contributed by atoms with Crippen molar-refractivity contribution in [3.8, 4) is 0 Å². The molecule has 5 nitrogen and oxygen atoms in total. The van der Waals surface area contributed by atoms with Crippen molar-refractivity contribution in [2.45, 2.75) is 32.0 Å². The van der Waals surface area contributed by atoms with Gasteiger partial charge in [0.15, 0.2) is 0 Å². The number of hydrogen-bond acceptors (Lipinski definition) is 5. The molecule has 3 aliphatic carbocycles. The minimum atomic E-state index is -0.422. The zero-order valence-electron chi connectivity index (χ0n) is 11.6. The quantitative estimate of drug-likeness (QED) is 0.574. The Labute approximate surface area is 118 Å². The van der Waals surface area contributed by atoms with Crippen molar-refractivity contribution in [1.29, 1.82) is 0 Å². The predicted molar refractivity (Wildman–Crippen MR) is 69.6 cm³/mol. The molecule has 0 spiro atoms. The molecular weight excluding hydrogens is 260 g/mol. The fraction of sp³-hybridized carbons (Fsp3) is 0.733. The van der Waals surface area contributed by atoms with Gasteiger partial charge < -0.3 is 14.2 Å². The molecule has 4 fully saturated rings. The molecule has 4 rings (SSSR count). The first kappa shape index (κ1) is 13.6. The van der Waals surface area contributed by atoms with Crippen LogP contribution in [-0.4, -0.2) is 37.4 Å². The standard InChI is InChI=1S/C15H20O5/c1-3-11(16)20-14-8-5-6-9(13(14)18-4-2)12-10(8)7-19-15(12)17/h3,8-10,12-14H,1,4-7H2,2H3. The van der Waals surface area contributed by atoms with Gasteiger partial charge in [-0.05, 0) is 19.8 Å². The lowest BCUT2D eigenvalue weighted by Crippen LogP contribution is -2.59. The highest BCUT2D eigenvalue weighted by Crippen LogP contribution is 2.53. The SMILES string of the molecule is C=CC(=O)OC1C2CCC(C1OCC)C1C(=O)OCC21. The van der Waals surface area contributed by atoms with E-state index in [1.807, 2.05) is 6.92 Å². The summed E-state index contributed by atoms with van der Waals surface area (Å²) in [5, 5.41) is 0. The summed E-state index contributed by atoms with van der Waals surface area (Å²) < 4.78 is 16.6. The first-order valence-electron chi connectivity index (χ1n) is 7.28. The summed E-state index contributed by atoms with van der Waals surface area (Å²) in [7, 11) is 0. The van der Waals surface area contributed by atoms with E-state index in [-0.39, 0.29) is 41.8 Å². The first-order valence-corrected chi connectivity index (χ1v) is 7.28. The van der Waals surface area contributed by atoms with Gasteiger partial charge in [-0.25, -0.2) is 4.79 Å². The number of rotatable bonds is 4. The van der Waals surface area contributed by atoms with Gasteiger partial charge in [-0.3, -0.25) is 4.79 Å². The van der Waals surface area contributed by atoms with E-state index in [1.165, 1.54) is 6.08 Å². The molecule has 6 atom stereocenters. The third-order valence-corrected chi connectivity index (χ3v) is 4.94. The van der Waals surface area contributed by atoms with Crippen LogP contribution >= 0.6 is 0 Å². The summed E-state index contributed by atoms with van der Waals surface area (Å²) >= 11 is 0. The lowest BCUT2D eigenvalue weighted by molar-refractivity contribution is -0.197. The van der Waals surface area contributed by atoms with E-state index in [0.717, 1.165) is 12.8 Å². The molecule has 0 N–H and O–H groups in total. The maximum atomic E-state index is 11.9. The van der Waals surface area contributed by atoms with Gasteiger partial charge in [-0.15, -0.1) is 0 Å². The molecule has 0 radical (unpaired) electrons. The van der Waals surface area contributed by atoms with Gasteiger partial charge >= 0.3 is 11.9 Å². The van der Waals surface area contributed by atoms with Crippen LogP contribution in [-0.2, 0) is 23.8 Å². The molecule has 2 bridgehead atoms. The number of esters is 2. The Balaban J connectivity index is 1.87. The monoisotopic (exact) mass is 280 g/mol. The number of cyclic esters (lactones) is 1. The Morgan fingerprint density at radius 2 is 2.10 bits per heavy atom. The molecule has 1 heterocycles. The summed E-state index contributed by atoms with van der Waals surface area (Å²) in [4.78, 5) is 23.5. The van der Waals surface area contributed by atoms with Crippen molar-refractivity contribution >= 4 is 11.9 Å². The Kier molecular flexibility index (Phi) is 3.54. The predicted octanol–water partition coefficient (Wildman–Crippen LogP) is 1.32. The van der Waals surface area contributed by atoms with Crippen molar-refractivity contribution in [2.24, 2.45) is 23.7 Å². The van der Waals surface area contributed by atoms with Gasteiger partial charge in [0.05, 0.1) is 18.6 Å². The number of fused-ring (bicyclic) bond motifs is 2. The van der Waals surface area contributed by atoms with Crippen LogP contribution in [0.2, 0.25) is 0 Å². The van der Waals surface area contributed by atoms with Gasteiger partial charge in [0.1, 0.15) is 6.10 Å². The Morgan fingerprint density at radius 3 is 2.80 bits per heavy atom. The van der Waals surface area contributed by atoms with E-state index < -0.39 is 5.97 Å². The van der Waals surface area contributed by atoms with Crippen molar-refractivity contribution in [1.82, 2.24) is 0 Å². The second-order valence-electron chi connectivity index (χ2n) is 5.75. The molecule has 20 heavy (non-hydrogen) atoms. The van der Waals surface area contributed by atoms with Gasteiger partial charge in [-0.1, -0.05) is 6.58 Å². The molecular formula is C15H20O5. The van der Waals surface area contributed by atoms with E-state index in [9.17, 15) is 9.59 Å². The topological polar surface area (TPSA) is 61.8 Å². The third kappa shape index (κ3) is 1.95. The fourth-order valence-electron chi connectivity index (χ4n) is 4.23. The minimum absolute atomic E-state index is 0.0796. The normalized spacial score (nSPS) is 42.0. The highest BCUT2D eigenvalue weighted by atomic mass is 16.6.